The average Bonchev–Trinajstić information content (AvgIpc) is 3.45. The molecule has 0 aromatic rings. The number of hydrogen-bond acceptors (Lipinski definition) is 6. The molecule has 6 nitrogen and oxygen atoms in total. The van der Waals surface area contributed by atoms with Gasteiger partial charge in [0.2, 0.25) is 0 Å². The molecular weight excluding hydrogens is 973 g/mol. The minimum Gasteiger partial charge on any atom is -0.462 e. The predicted octanol–water partition coefficient (Wildman–Crippen LogP) is 21.0. The minimum atomic E-state index is -0.870. The van der Waals surface area contributed by atoms with Crippen molar-refractivity contribution in [2.24, 2.45) is 0 Å². The fourth-order valence-electron chi connectivity index (χ4n) is 7.09. The van der Waals surface area contributed by atoms with Crippen LogP contribution < -0.4 is 0 Å². The maximum atomic E-state index is 12.9. The molecule has 1 atom stereocenters. The lowest BCUT2D eigenvalue weighted by atomic mass is 10.1. The molecule has 0 spiro atoms. The lowest BCUT2D eigenvalue weighted by Gasteiger charge is -2.18. The number of carbonyl (C=O) groups is 3. The Balaban J connectivity index is 4.61. The third-order valence-electron chi connectivity index (χ3n) is 11.5. The number of allylic oxidation sites excluding steroid dienone is 35. The van der Waals surface area contributed by atoms with Gasteiger partial charge in [0.25, 0.3) is 0 Å². The number of esters is 3. The summed E-state index contributed by atoms with van der Waals surface area (Å²) in [6.45, 7) is 6.11. The summed E-state index contributed by atoms with van der Waals surface area (Å²) in [6, 6.07) is 0. The summed E-state index contributed by atoms with van der Waals surface area (Å²) < 4.78 is 16.7. The van der Waals surface area contributed by atoms with Crippen LogP contribution in [0.15, 0.2) is 219 Å². The second-order valence-corrected chi connectivity index (χ2v) is 18.8. The van der Waals surface area contributed by atoms with Gasteiger partial charge in [-0.3, -0.25) is 14.4 Å². The van der Waals surface area contributed by atoms with Crippen molar-refractivity contribution in [2.45, 2.75) is 207 Å². The largest absolute Gasteiger partial charge is 0.462 e. The quantitative estimate of drug-likeness (QED) is 0.0261. The second kappa shape index (κ2) is 64.3. The molecule has 0 saturated heterocycles. The Labute approximate surface area is 482 Å². The summed E-state index contributed by atoms with van der Waals surface area (Å²) >= 11 is 0. The fraction of sp³-hybridized carbons (Fsp3) is 0.466. The Morgan fingerprint density at radius 2 is 0.519 bits per heavy atom. The molecule has 1 unspecified atom stereocenters. The standard InChI is InChI=1S/C73H106O6/c1-4-7-10-13-16-19-22-25-28-30-31-32-33-34-35-36-37-38-39-40-41-43-45-48-51-54-57-60-63-66-72(75)78-69-70(68-77-71(74)65-62-59-56-53-50-47-44-27-24-21-18-15-12-9-6-3)79-73(76)67-64-61-58-55-52-49-46-42-29-26-23-20-17-14-11-8-5-2/h7-12,16-21,25-29,31-32,34-35,37-38,40-41,44-46,48-50,53-54,57,59,62,70H,4-6,13-15,22-24,30,33,36,39,42-43,47,51-52,55-56,58,60-61,63-69H2,1-3H3/b10-7-,11-8-,12-9-,19-16-,20-17-,21-18-,28-25-,29-26-,32-31-,35-34-,38-37-,41-40-,44-27-,48-45-,49-46-,53-50-,57-54-,62-59-. The normalized spacial score (nSPS) is 13.7. The van der Waals surface area contributed by atoms with Crippen LogP contribution >= 0.6 is 0 Å². The Morgan fingerprint density at radius 1 is 0.266 bits per heavy atom. The molecular formula is C73H106O6. The molecule has 0 bridgehead atoms. The summed E-state index contributed by atoms with van der Waals surface area (Å²) in [5.74, 6) is -1.19. The number of hydrogen-bond donors (Lipinski definition) is 0. The maximum absolute atomic E-state index is 12.9. The van der Waals surface area contributed by atoms with Crippen LogP contribution in [0.3, 0.4) is 0 Å². The van der Waals surface area contributed by atoms with E-state index in [2.05, 4.69) is 227 Å². The van der Waals surface area contributed by atoms with Gasteiger partial charge in [0, 0.05) is 12.8 Å². The molecule has 0 N–H and O–H groups in total. The molecule has 0 aliphatic heterocycles. The van der Waals surface area contributed by atoms with E-state index in [4.69, 9.17) is 14.2 Å². The van der Waals surface area contributed by atoms with Crippen LogP contribution in [0, 0.1) is 0 Å². The molecule has 0 heterocycles. The van der Waals surface area contributed by atoms with E-state index in [0.29, 0.717) is 19.3 Å². The van der Waals surface area contributed by atoms with Crippen molar-refractivity contribution in [3.8, 4) is 0 Å². The van der Waals surface area contributed by atoms with Crippen LogP contribution in [-0.4, -0.2) is 37.2 Å². The lowest BCUT2D eigenvalue weighted by Crippen LogP contribution is -2.30. The van der Waals surface area contributed by atoms with Gasteiger partial charge < -0.3 is 14.2 Å². The molecule has 0 aromatic carbocycles. The van der Waals surface area contributed by atoms with Gasteiger partial charge >= 0.3 is 17.9 Å². The topological polar surface area (TPSA) is 78.9 Å². The molecule has 434 valence electrons. The van der Waals surface area contributed by atoms with Crippen LogP contribution in [-0.2, 0) is 28.6 Å². The minimum absolute atomic E-state index is 0.0982. The lowest BCUT2D eigenvalue weighted by molar-refractivity contribution is -0.166. The third-order valence-corrected chi connectivity index (χ3v) is 11.5. The van der Waals surface area contributed by atoms with Gasteiger partial charge in [-0.2, -0.15) is 0 Å². The van der Waals surface area contributed by atoms with E-state index in [0.717, 1.165) is 141 Å². The van der Waals surface area contributed by atoms with Gasteiger partial charge in [-0.1, -0.05) is 252 Å². The van der Waals surface area contributed by atoms with Gasteiger partial charge in [-0.25, -0.2) is 0 Å². The number of ether oxygens (including phenoxy) is 3. The zero-order valence-electron chi connectivity index (χ0n) is 49.5. The van der Waals surface area contributed by atoms with Gasteiger partial charge in [0.15, 0.2) is 6.10 Å². The molecule has 0 aliphatic carbocycles. The Morgan fingerprint density at radius 3 is 0.848 bits per heavy atom. The number of carbonyl (C=O) groups excluding carboxylic acids is 3. The summed E-state index contributed by atoms with van der Waals surface area (Å²) in [5.41, 5.74) is 0. The van der Waals surface area contributed by atoms with E-state index >= 15 is 0 Å². The molecule has 0 aromatic heterocycles. The van der Waals surface area contributed by atoms with Crippen molar-refractivity contribution in [3.05, 3.63) is 219 Å². The first-order valence-corrected chi connectivity index (χ1v) is 30.2. The van der Waals surface area contributed by atoms with E-state index in [9.17, 15) is 14.4 Å². The SMILES string of the molecule is CC/C=C\C/C=C\C/C=C\C/C=C\C/C=C\C/C=C\C/C=C\C/C=C\C/C=C\CCCC(=O)OCC(COC(=O)C/C=C\C/C=C\C/C=C\C/C=C\C/C=C\CC)OC(=O)CCCCCC/C=C\C/C=C\C/C=C\C/C=C\CC. The van der Waals surface area contributed by atoms with Gasteiger partial charge in [0.1, 0.15) is 13.2 Å². The van der Waals surface area contributed by atoms with Crippen LogP contribution in [0.25, 0.3) is 0 Å². The summed E-state index contributed by atoms with van der Waals surface area (Å²) in [4.78, 5) is 38.1. The highest BCUT2D eigenvalue weighted by atomic mass is 16.6. The van der Waals surface area contributed by atoms with Crippen molar-refractivity contribution in [2.75, 3.05) is 13.2 Å². The molecule has 6 heteroatoms. The van der Waals surface area contributed by atoms with Crippen molar-refractivity contribution in [1.29, 1.82) is 0 Å². The molecule has 0 radical (unpaired) electrons. The van der Waals surface area contributed by atoms with Crippen LogP contribution in [0.5, 0.6) is 0 Å². The van der Waals surface area contributed by atoms with Crippen LogP contribution in [0.4, 0.5) is 0 Å². The second-order valence-electron chi connectivity index (χ2n) is 18.8. The Hall–Kier alpha value is -6.27. The Bertz CT molecular complexity index is 2010. The maximum Gasteiger partial charge on any atom is 0.309 e. The number of rotatable bonds is 51. The highest BCUT2D eigenvalue weighted by Crippen LogP contribution is 2.10. The van der Waals surface area contributed by atoms with Crippen molar-refractivity contribution >= 4 is 17.9 Å². The van der Waals surface area contributed by atoms with E-state index in [1.165, 1.54) is 0 Å². The molecule has 0 aliphatic rings. The number of unbranched alkanes of at least 4 members (excludes halogenated alkanes) is 5. The highest BCUT2D eigenvalue weighted by molar-refractivity contribution is 5.72. The van der Waals surface area contributed by atoms with E-state index < -0.39 is 12.1 Å². The van der Waals surface area contributed by atoms with E-state index in [1.54, 1.807) is 6.08 Å². The van der Waals surface area contributed by atoms with Gasteiger partial charge in [0.05, 0.1) is 6.42 Å². The monoisotopic (exact) mass is 1080 g/mol. The van der Waals surface area contributed by atoms with Crippen LogP contribution in [0.2, 0.25) is 0 Å². The van der Waals surface area contributed by atoms with E-state index in [-0.39, 0.29) is 44.4 Å². The third kappa shape index (κ3) is 62.5. The Kier molecular flexibility index (Phi) is 59.2. The fourth-order valence-corrected chi connectivity index (χ4v) is 7.09. The zero-order valence-corrected chi connectivity index (χ0v) is 49.5. The zero-order chi connectivity index (χ0) is 57.1. The first-order valence-electron chi connectivity index (χ1n) is 30.2. The van der Waals surface area contributed by atoms with Crippen molar-refractivity contribution in [1.82, 2.24) is 0 Å². The van der Waals surface area contributed by atoms with Crippen molar-refractivity contribution < 1.29 is 28.6 Å². The molecule has 0 amide bonds. The van der Waals surface area contributed by atoms with Crippen LogP contribution in [0.1, 0.15) is 201 Å². The summed E-state index contributed by atoms with van der Waals surface area (Å²) in [5, 5.41) is 0. The highest BCUT2D eigenvalue weighted by Gasteiger charge is 2.19. The predicted molar refractivity (Wildman–Crippen MR) is 343 cm³/mol. The van der Waals surface area contributed by atoms with E-state index in [1.807, 2.05) is 6.08 Å². The molecule has 0 saturated carbocycles. The van der Waals surface area contributed by atoms with Gasteiger partial charge in [-0.15, -0.1) is 0 Å². The smallest absolute Gasteiger partial charge is 0.309 e. The molecule has 0 fully saturated rings. The van der Waals surface area contributed by atoms with Gasteiger partial charge in [-0.05, 0) is 148 Å². The average molecular weight is 1080 g/mol. The first kappa shape index (κ1) is 72.7. The molecule has 79 heavy (non-hydrogen) atoms. The van der Waals surface area contributed by atoms with Crippen molar-refractivity contribution in [3.63, 3.8) is 0 Å². The molecule has 0 rings (SSSR count). The summed E-state index contributed by atoms with van der Waals surface area (Å²) in [6.07, 6.45) is 101. The summed E-state index contributed by atoms with van der Waals surface area (Å²) in [7, 11) is 0. The first-order chi connectivity index (χ1) is 39.0.